The fraction of sp³-hybridized carbons (Fsp3) is 0.120. The van der Waals surface area contributed by atoms with E-state index in [1.165, 1.54) is 22.5 Å². The third kappa shape index (κ3) is 5.55. The van der Waals surface area contributed by atoms with E-state index in [9.17, 15) is 4.79 Å². The normalized spacial score (nSPS) is 10.6. The molecular weight excluding hydrogens is 408 g/mol. The Morgan fingerprint density at radius 3 is 2.65 bits per heavy atom. The summed E-state index contributed by atoms with van der Waals surface area (Å²) in [6.45, 7) is 0.361. The lowest BCUT2D eigenvalue weighted by molar-refractivity contribution is -0.113. The van der Waals surface area contributed by atoms with Crippen molar-refractivity contribution < 1.29 is 14.3 Å². The second kappa shape index (κ2) is 10.00. The van der Waals surface area contributed by atoms with Gasteiger partial charge in [0.15, 0.2) is 11.5 Å². The van der Waals surface area contributed by atoms with Crippen molar-refractivity contribution in [3.05, 3.63) is 90.8 Å². The van der Waals surface area contributed by atoms with Crippen LogP contribution in [-0.4, -0.2) is 23.8 Å². The molecule has 31 heavy (non-hydrogen) atoms. The largest absolute Gasteiger partial charge is 0.493 e. The number of hydrogen-bond donors (Lipinski definition) is 1. The van der Waals surface area contributed by atoms with Crippen molar-refractivity contribution >= 4 is 34.1 Å². The number of benzene rings is 3. The van der Waals surface area contributed by atoms with Crippen LogP contribution in [0.15, 0.2) is 90.1 Å². The zero-order valence-corrected chi connectivity index (χ0v) is 17.9. The molecule has 4 aromatic rings. The maximum atomic E-state index is 12.5. The number of ether oxygens (including phenoxy) is 2. The van der Waals surface area contributed by atoms with E-state index in [-0.39, 0.29) is 5.91 Å². The maximum Gasteiger partial charge on any atom is 0.234 e. The Hall–Kier alpha value is -3.51. The fourth-order valence-corrected chi connectivity index (χ4v) is 3.86. The van der Waals surface area contributed by atoms with Crippen molar-refractivity contribution in [1.82, 2.24) is 4.98 Å². The average Bonchev–Trinajstić information content (AvgIpc) is 2.82. The zero-order valence-electron chi connectivity index (χ0n) is 17.1. The number of rotatable bonds is 8. The minimum Gasteiger partial charge on any atom is -0.493 e. The van der Waals surface area contributed by atoms with Gasteiger partial charge in [0, 0.05) is 34.6 Å². The third-order valence-corrected chi connectivity index (χ3v) is 5.65. The highest BCUT2D eigenvalue weighted by molar-refractivity contribution is 8.00. The van der Waals surface area contributed by atoms with Crippen LogP contribution in [-0.2, 0) is 11.4 Å². The molecule has 156 valence electrons. The van der Waals surface area contributed by atoms with Crippen molar-refractivity contribution in [3.63, 3.8) is 0 Å². The van der Waals surface area contributed by atoms with Gasteiger partial charge < -0.3 is 14.8 Å². The fourth-order valence-electron chi connectivity index (χ4n) is 3.11. The molecule has 0 fully saturated rings. The molecule has 3 aromatic carbocycles. The van der Waals surface area contributed by atoms with E-state index in [4.69, 9.17) is 9.47 Å². The predicted molar refractivity (Wildman–Crippen MR) is 125 cm³/mol. The zero-order chi connectivity index (χ0) is 21.5. The summed E-state index contributed by atoms with van der Waals surface area (Å²) in [5.41, 5.74) is 1.61. The number of hydrogen-bond acceptors (Lipinski definition) is 5. The van der Waals surface area contributed by atoms with E-state index in [1.807, 2.05) is 30.3 Å². The van der Waals surface area contributed by atoms with E-state index >= 15 is 0 Å². The summed E-state index contributed by atoms with van der Waals surface area (Å²) in [7, 11) is 1.59. The SMILES string of the molecule is COc1ccc(NC(=O)CSc2ccc3ccccc3c2)cc1OCc1cccnc1. The lowest BCUT2D eigenvalue weighted by Gasteiger charge is -2.13. The van der Waals surface area contributed by atoms with Gasteiger partial charge in [-0.2, -0.15) is 0 Å². The number of thioether (sulfide) groups is 1. The molecule has 0 aliphatic rings. The monoisotopic (exact) mass is 430 g/mol. The van der Waals surface area contributed by atoms with E-state index < -0.39 is 0 Å². The van der Waals surface area contributed by atoms with Gasteiger partial charge in [0.25, 0.3) is 0 Å². The molecule has 1 aromatic heterocycles. The van der Waals surface area contributed by atoms with Gasteiger partial charge in [0.05, 0.1) is 12.9 Å². The topological polar surface area (TPSA) is 60.5 Å². The number of anilines is 1. The van der Waals surface area contributed by atoms with E-state index in [2.05, 4.69) is 34.6 Å². The average molecular weight is 431 g/mol. The lowest BCUT2D eigenvalue weighted by Crippen LogP contribution is -2.14. The summed E-state index contributed by atoms with van der Waals surface area (Å²) < 4.78 is 11.3. The number of nitrogens with one attached hydrogen (secondary N) is 1. The van der Waals surface area contributed by atoms with E-state index in [0.717, 1.165) is 10.5 Å². The summed E-state index contributed by atoms with van der Waals surface area (Å²) in [5, 5.41) is 5.29. The highest BCUT2D eigenvalue weighted by Crippen LogP contribution is 2.31. The molecule has 5 nitrogen and oxygen atoms in total. The maximum absolute atomic E-state index is 12.5. The minimum absolute atomic E-state index is 0.0819. The third-order valence-electron chi connectivity index (χ3n) is 4.66. The smallest absolute Gasteiger partial charge is 0.234 e. The highest BCUT2D eigenvalue weighted by atomic mass is 32.2. The van der Waals surface area contributed by atoms with Gasteiger partial charge in [0.2, 0.25) is 5.91 Å². The Bertz CT molecular complexity index is 1180. The second-order valence-electron chi connectivity index (χ2n) is 6.86. The molecule has 1 amide bonds. The quantitative estimate of drug-likeness (QED) is 0.371. The van der Waals surface area contributed by atoms with Crippen LogP contribution >= 0.6 is 11.8 Å². The van der Waals surface area contributed by atoms with E-state index in [1.54, 1.807) is 37.7 Å². The summed E-state index contributed by atoms with van der Waals surface area (Å²) in [6.07, 6.45) is 3.47. The first-order valence-electron chi connectivity index (χ1n) is 9.82. The van der Waals surface area contributed by atoms with Crippen LogP contribution in [0.5, 0.6) is 11.5 Å². The molecule has 0 aliphatic carbocycles. The number of fused-ring (bicyclic) bond motifs is 1. The van der Waals surface area contributed by atoms with Crippen LogP contribution in [0.1, 0.15) is 5.56 Å². The van der Waals surface area contributed by atoms with Crippen LogP contribution in [0.2, 0.25) is 0 Å². The highest BCUT2D eigenvalue weighted by Gasteiger charge is 2.10. The van der Waals surface area contributed by atoms with Crippen molar-refractivity contribution in [2.45, 2.75) is 11.5 Å². The summed E-state index contributed by atoms with van der Waals surface area (Å²) in [6, 6.07) is 23.6. The van der Waals surface area contributed by atoms with Crippen molar-refractivity contribution in [2.24, 2.45) is 0 Å². The molecule has 0 atom stereocenters. The molecule has 0 aliphatic heterocycles. The number of carbonyl (C=O) groups is 1. The van der Waals surface area contributed by atoms with Crippen molar-refractivity contribution in [2.75, 3.05) is 18.2 Å². The van der Waals surface area contributed by atoms with Gasteiger partial charge in [-0.3, -0.25) is 9.78 Å². The molecule has 0 saturated carbocycles. The Morgan fingerprint density at radius 1 is 0.968 bits per heavy atom. The minimum atomic E-state index is -0.0819. The first-order valence-corrected chi connectivity index (χ1v) is 10.8. The number of aromatic nitrogens is 1. The summed E-state index contributed by atoms with van der Waals surface area (Å²) in [4.78, 5) is 17.6. The standard InChI is InChI=1S/C25H22N2O3S/c1-29-23-11-9-21(14-24(23)30-16-18-5-4-12-26-15-18)27-25(28)17-31-22-10-8-19-6-2-3-7-20(19)13-22/h2-15H,16-17H2,1H3,(H,27,28). The lowest BCUT2D eigenvalue weighted by atomic mass is 10.1. The summed E-state index contributed by atoms with van der Waals surface area (Å²) in [5.74, 6) is 1.40. The van der Waals surface area contributed by atoms with Gasteiger partial charge in [-0.25, -0.2) is 0 Å². The molecule has 6 heteroatoms. The number of pyridine rings is 1. The second-order valence-corrected chi connectivity index (χ2v) is 7.91. The first kappa shape index (κ1) is 20.8. The molecule has 0 bridgehead atoms. The molecular formula is C25H22N2O3S. The molecule has 4 rings (SSSR count). The van der Waals surface area contributed by atoms with Gasteiger partial charge >= 0.3 is 0 Å². The van der Waals surface area contributed by atoms with Crippen molar-refractivity contribution in [1.29, 1.82) is 0 Å². The molecule has 1 heterocycles. The van der Waals surface area contributed by atoms with Gasteiger partial charge in [-0.1, -0.05) is 36.4 Å². The Kier molecular flexibility index (Phi) is 6.69. The Balaban J connectivity index is 1.37. The van der Waals surface area contributed by atoms with Gasteiger partial charge in [0.1, 0.15) is 6.61 Å². The molecule has 1 N–H and O–H groups in total. The van der Waals surface area contributed by atoms with Crippen LogP contribution in [0.3, 0.4) is 0 Å². The van der Waals surface area contributed by atoms with Gasteiger partial charge in [-0.15, -0.1) is 11.8 Å². The van der Waals surface area contributed by atoms with Crippen LogP contribution < -0.4 is 14.8 Å². The van der Waals surface area contributed by atoms with Crippen LogP contribution in [0.25, 0.3) is 10.8 Å². The Morgan fingerprint density at radius 2 is 1.84 bits per heavy atom. The first-order chi connectivity index (χ1) is 15.2. The summed E-state index contributed by atoms with van der Waals surface area (Å²) >= 11 is 1.51. The molecule has 0 saturated heterocycles. The van der Waals surface area contributed by atoms with E-state index in [0.29, 0.717) is 29.5 Å². The number of carbonyl (C=O) groups excluding carboxylic acids is 1. The van der Waals surface area contributed by atoms with Crippen LogP contribution in [0, 0.1) is 0 Å². The van der Waals surface area contributed by atoms with Crippen LogP contribution in [0.4, 0.5) is 5.69 Å². The molecule has 0 unspecified atom stereocenters. The van der Waals surface area contributed by atoms with Crippen molar-refractivity contribution in [3.8, 4) is 11.5 Å². The van der Waals surface area contributed by atoms with Gasteiger partial charge in [-0.05, 0) is 41.1 Å². The number of amides is 1. The molecule has 0 spiro atoms. The number of nitrogens with zero attached hydrogens (tertiary/aromatic N) is 1. The predicted octanol–water partition coefficient (Wildman–Crippen LogP) is 5.55. The molecule has 0 radical (unpaired) electrons. The Labute approximate surface area is 185 Å². The number of methoxy groups -OCH3 is 1.